The molecule has 0 radical (unpaired) electrons. The quantitative estimate of drug-likeness (QED) is 0.742. The Balaban J connectivity index is 1.74. The van der Waals surface area contributed by atoms with Crippen molar-refractivity contribution in [1.82, 2.24) is 0 Å². The second-order valence-electron chi connectivity index (χ2n) is 8.31. The molecule has 2 aliphatic rings. The van der Waals surface area contributed by atoms with Crippen molar-refractivity contribution in [2.45, 2.75) is 71.6 Å². The number of amides is 1. The summed E-state index contributed by atoms with van der Waals surface area (Å²) in [6.45, 7) is 8.80. The van der Waals surface area contributed by atoms with Crippen molar-refractivity contribution in [3.05, 3.63) is 29.3 Å². The predicted octanol–water partition coefficient (Wildman–Crippen LogP) is 5.70. The average molecular weight is 313 g/mol. The number of fused-ring (bicyclic) bond motifs is 2. The average Bonchev–Trinajstić information content (AvgIpc) is 3.09. The van der Waals surface area contributed by atoms with Gasteiger partial charge < -0.3 is 5.32 Å². The molecule has 1 aromatic carbocycles. The summed E-state index contributed by atoms with van der Waals surface area (Å²) in [6, 6.07) is 6.43. The molecule has 1 aromatic rings. The normalized spacial score (nSPS) is 26.3. The van der Waals surface area contributed by atoms with Gasteiger partial charge in [-0.3, -0.25) is 4.79 Å². The molecule has 0 saturated heterocycles. The number of hydrogen-bond donors (Lipinski definition) is 1. The molecule has 126 valence electrons. The van der Waals surface area contributed by atoms with Crippen LogP contribution in [0, 0.1) is 17.8 Å². The van der Waals surface area contributed by atoms with E-state index in [4.69, 9.17) is 0 Å². The number of nitrogens with one attached hydrogen (secondary N) is 1. The first-order valence-corrected chi connectivity index (χ1v) is 9.38. The number of carbonyl (C=O) groups excluding carboxylic acids is 1. The zero-order valence-corrected chi connectivity index (χ0v) is 15.1. The van der Waals surface area contributed by atoms with Crippen molar-refractivity contribution in [2.75, 3.05) is 5.32 Å². The number of para-hydroxylation sites is 1. The summed E-state index contributed by atoms with van der Waals surface area (Å²) in [4.78, 5) is 12.7. The SMILES string of the molecule is CC(C)c1cccc(C(C)C)c1NC(=O)C[C@H]1C[C@@H]2CC[C@@H]1C2. The molecule has 0 aromatic heterocycles. The lowest BCUT2D eigenvalue weighted by molar-refractivity contribution is -0.117. The number of rotatable bonds is 5. The molecule has 2 bridgehead atoms. The fourth-order valence-electron chi connectivity index (χ4n) is 4.75. The summed E-state index contributed by atoms with van der Waals surface area (Å²) in [6.07, 6.45) is 6.11. The van der Waals surface area contributed by atoms with Crippen LogP contribution in [0.5, 0.6) is 0 Å². The Hall–Kier alpha value is -1.31. The van der Waals surface area contributed by atoms with Gasteiger partial charge in [-0.25, -0.2) is 0 Å². The van der Waals surface area contributed by atoms with Crippen molar-refractivity contribution >= 4 is 11.6 Å². The highest BCUT2D eigenvalue weighted by Gasteiger charge is 2.40. The van der Waals surface area contributed by atoms with Crippen molar-refractivity contribution in [1.29, 1.82) is 0 Å². The molecule has 2 saturated carbocycles. The summed E-state index contributed by atoms with van der Waals surface area (Å²) in [5, 5.41) is 3.29. The van der Waals surface area contributed by atoms with Crippen molar-refractivity contribution in [3.63, 3.8) is 0 Å². The maximum Gasteiger partial charge on any atom is 0.224 e. The van der Waals surface area contributed by atoms with Gasteiger partial charge in [0.05, 0.1) is 0 Å². The van der Waals surface area contributed by atoms with E-state index in [0.29, 0.717) is 24.2 Å². The number of benzene rings is 1. The molecule has 2 aliphatic carbocycles. The highest BCUT2D eigenvalue weighted by Crippen LogP contribution is 2.49. The van der Waals surface area contributed by atoms with E-state index in [0.717, 1.165) is 17.5 Å². The Kier molecular flexibility index (Phi) is 4.79. The van der Waals surface area contributed by atoms with E-state index in [1.165, 1.54) is 36.8 Å². The van der Waals surface area contributed by atoms with Gasteiger partial charge >= 0.3 is 0 Å². The first kappa shape index (κ1) is 16.5. The van der Waals surface area contributed by atoms with Crippen LogP contribution >= 0.6 is 0 Å². The van der Waals surface area contributed by atoms with E-state index in [-0.39, 0.29) is 5.91 Å². The Morgan fingerprint density at radius 2 is 1.74 bits per heavy atom. The molecule has 23 heavy (non-hydrogen) atoms. The maximum atomic E-state index is 12.7. The maximum absolute atomic E-state index is 12.7. The number of anilines is 1. The Morgan fingerprint density at radius 3 is 2.22 bits per heavy atom. The monoisotopic (exact) mass is 313 g/mol. The Morgan fingerprint density at radius 1 is 1.09 bits per heavy atom. The molecular formula is C21H31NO. The molecule has 2 heteroatoms. The lowest BCUT2D eigenvalue weighted by atomic mass is 9.86. The van der Waals surface area contributed by atoms with E-state index in [9.17, 15) is 4.79 Å². The Bertz CT molecular complexity index is 549. The van der Waals surface area contributed by atoms with Crippen LogP contribution in [0.4, 0.5) is 5.69 Å². The fourth-order valence-corrected chi connectivity index (χ4v) is 4.75. The fraction of sp³-hybridized carbons (Fsp3) is 0.667. The van der Waals surface area contributed by atoms with Gasteiger partial charge in [-0.1, -0.05) is 52.3 Å². The third-order valence-corrected chi connectivity index (χ3v) is 5.97. The lowest BCUT2D eigenvalue weighted by Crippen LogP contribution is -2.21. The lowest BCUT2D eigenvalue weighted by Gasteiger charge is -2.23. The van der Waals surface area contributed by atoms with Gasteiger partial charge in [0.15, 0.2) is 0 Å². The van der Waals surface area contributed by atoms with E-state index in [2.05, 4.69) is 51.2 Å². The van der Waals surface area contributed by atoms with Gasteiger partial charge in [0.2, 0.25) is 5.91 Å². The van der Waals surface area contributed by atoms with Crippen LogP contribution in [-0.4, -0.2) is 5.91 Å². The van der Waals surface area contributed by atoms with Crippen molar-refractivity contribution in [3.8, 4) is 0 Å². The number of carbonyl (C=O) groups is 1. The minimum Gasteiger partial charge on any atom is -0.326 e. The third kappa shape index (κ3) is 3.46. The van der Waals surface area contributed by atoms with Crippen LogP contribution in [0.15, 0.2) is 18.2 Å². The van der Waals surface area contributed by atoms with Gasteiger partial charge in [-0.2, -0.15) is 0 Å². The summed E-state index contributed by atoms with van der Waals surface area (Å²) < 4.78 is 0. The largest absolute Gasteiger partial charge is 0.326 e. The van der Waals surface area contributed by atoms with Crippen molar-refractivity contribution < 1.29 is 4.79 Å². The molecule has 0 aliphatic heterocycles. The first-order valence-electron chi connectivity index (χ1n) is 9.38. The second kappa shape index (κ2) is 6.67. The highest BCUT2D eigenvalue weighted by molar-refractivity contribution is 5.93. The smallest absolute Gasteiger partial charge is 0.224 e. The highest BCUT2D eigenvalue weighted by atomic mass is 16.1. The van der Waals surface area contributed by atoms with Crippen LogP contribution in [-0.2, 0) is 4.79 Å². The molecule has 3 atom stereocenters. The van der Waals surface area contributed by atoms with E-state index >= 15 is 0 Å². The molecule has 2 nitrogen and oxygen atoms in total. The molecule has 0 spiro atoms. The van der Waals surface area contributed by atoms with E-state index < -0.39 is 0 Å². The topological polar surface area (TPSA) is 29.1 Å². The standard InChI is InChI=1S/C21H31NO/c1-13(2)18-6-5-7-19(14(3)4)21(18)22-20(23)12-17-11-15-8-9-16(17)10-15/h5-7,13-17H,8-12H2,1-4H3,(H,22,23)/t15-,16-,17-/m1/s1. The van der Waals surface area contributed by atoms with Crippen LogP contribution in [0.2, 0.25) is 0 Å². The van der Waals surface area contributed by atoms with Crippen molar-refractivity contribution in [2.24, 2.45) is 17.8 Å². The molecule has 2 fully saturated rings. The summed E-state index contributed by atoms with van der Waals surface area (Å²) >= 11 is 0. The third-order valence-electron chi connectivity index (χ3n) is 5.97. The first-order chi connectivity index (χ1) is 11.0. The minimum absolute atomic E-state index is 0.220. The van der Waals surface area contributed by atoms with Crippen LogP contribution in [0.25, 0.3) is 0 Å². The summed E-state index contributed by atoms with van der Waals surface area (Å²) in [5.41, 5.74) is 3.60. The molecule has 1 amide bonds. The second-order valence-corrected chi connectivity index (χ2v) is 8.31. The molecule has 0 heterocycles. The van der Waals surface area contributed by atoms with Crippen LogP contribution in [0.3, 0.4) is 0 Å². The molecule has 1 N–H and O–H groups in total. The predicted molar refractivity (Wildman–Crippen MR) is 96.8 cm³/mol. The molecule has 0 unspecified atom stereocenters. The van der Waals surface area contributed by atoms with Gasteiger partial charge in [-0.05, 0) is 60.0 Å². The Labute approximate surface area is 141 Å². The summed E-state index contributed by atoms with van der Waals surface area (Å²) in [5.74, 6) is 3.42. The minimum atomic E-state index is 0.220. The van der Waals surface area contributed by atoms with Gasteiger partial charge in [0, 0.05) is 12.1 Å². The van der Waals surface area contributed by atoms with E-state index in [1.54, 1.807) is 0 Å². The molecule has 3 rings (SSSR count). The molecular weight excluding hydrogens is 282 g/mol. The number of hydrogen-bond acceptors (Lipinski definition) is 1. The van der Waals surface area contributed by atoms with Gasteiger partial charge in [0.1, 0.15) is 0 Å². The van der Waals surface area contributed by atoms with E-state index in [1.807, 2.05) is 0 Å². The zero-order chi connectivity index (χ0) is 16.6. The van der Waals surface area contributed by atoms with Crippen LogP contribution < -0.4 is 5.32 Å². The summed E-state index contributed by atoms with van der Waals surface area (Å²) in [7, 11) is 0. The van der Waals surface area contributed by atoms with Crippen LogP contribution in [0.1, 0.15) is 82.8 Å². The van der Waals surface area contributed by atoms with Gasteiger partial charge in [0.25, 0.3) is 0 Å². The van der Waals surface area contributed by atoms with Gasteiger partial charge in [-0.15, -0.1) is 0 Å². The zero-order valence-electron chi connectivity index (χ0n) is 15.1.